The van der Waals surface area contributed by atoms with Crippen LogP contribution in [0.15, 0.2) is 0 Å². The van der Waals surface area contributed by atoms with Crippen molar-refractivity contribution in [2.24, 2.45) is 0 Å². The summed E-state index contributed by atoms with van der Waals surface area (Å²) in [5.41, 5.74) is 0. The fourth-order valence-corrected chi connectivity index (χ4v) is 10.0. The Balaban J connectivity index is -0.000000566. The van der Waals surface area contributed by atoms with Crippen molar-refractivity contribution in [1.29, 1.82) is 0 Å². The van der Waals surface area contributed by atoms with E-state index in [1.165, 1.54) is 126 Å². The van der Waals surface area contributed by atoms with E-state index in [2.05, 4.69) is 27.7 Å². The Bertz CT molecular complexity index is 505. The number of carboxylic acid groups (broad SMARTS) is 2. The van der Waals surface area contributed by atoms with Crippen LogP contribution in [0.2, 0.25) is 8.87 Å². The maximum absolute atomic E-state index is 10.5. The van der Waals surface area contributed by atoms with Gasteiger partial charge in [0, 0.05) is 10.5 Å². The molecule has 0 aromatic rings. The van der Waals surface area contributed by atoms with Crippen LogP contribution in [-0.4, -0.2) is 55.1 Å². The number of rotatable bonds is 30. The second-order valence-electron chi connectivity index (χ2n) is 11.6. The molecule has 0 aliphatic rings. The van der Waals surface area contributed by atoms with E-state index in [1.807, 2.05) is 13.8 Å². The van der Waals surface area contributed by atoms with Crippen LogP contribution < -0.4 is 10.2 Å². The first-order valence-corrected chi connectivity index (χ1v) is 24.3. The molecule has 0 heterocycles. The molecule has 2 atom stereocenters. The summed E-state index contributed by atoms with van der Waals surface area (Å²) < 4.78 is 3.31. The van der Waals surface area contributed by atoms with Crippen LogP contribution in [0.4, 0.5) is 0 Å². The van der Waals surface area contributed by atoms with Crippen molar-refractivity contribution in [3.05, 3.63) is 0 Å². The van der Waals surface area contributed by atoms with Gasteiger partial charge in [-0.3, -0.25) is 0 Å². The average molecular weight is 752 g/mol. The first-order valence-electron chi connectivity index (χ1n) is 18.2. The molecule has 0 aliphatic carbocycles. The van der Waals surface area contributed by atoms with Crippen LogP contribution in [0.3, 0.4) is 0 Å². The molecule has 0 spiro atoms. The zero-order chi connectivity index (χ0) is 32.8. The topological polar surface area (TPSA) is 80.3 Å². The second kappa shape index (κ2) is 42.4. The average Bonchev–Trinajstić information content (AvgIpc) is 2.99. The van der Waals surface area contributed by atoms with Gasteiger partial charge in [0.25, 0.3) is 0 Å². The predicted octanol–water partition coefficient (Wildman–Crippen LogP) is 9.90. The Morgan fingerprint density at radius 1 is 0.465 bits per heavy atom. The summed E-state index contributed by atoms with van der Waals surface area (Å²) >= 11 is 3.11. The minimum Gasteiger partial charge on any atom is -0.549 e. The Hall–Kier alpha value is 0.439. The van der Waals surface area contributed by atoms with Crippen molar-refractivity contribution in [3.63, 3.8) is 0 Å². The Morgan fingerprint density at radius 2 is 0.744 bits per heavy atom. The smallest absolute Gasteiger partial charge is 0.0544 e. The van der Waals surface area contributed by atoms with Gasteiger partial charge in [0.15, 0.2) is 0 Å². The molecule has 0 aromatic carbocycles. The molecule has 256 valence electrons. The van der Waals surface area contributed by atoms with E-state index in [4.69, 9.17) is 0 Å². The normalized spacial score (nSPS) is 11.9. The first-order chi connectivity index (χ1) is 20.9. The summed E-state index contributed by atoms with van der Waals surface area (Å²) in [6, 6.07) is 0. The summed E-state index contributed by atoms with van der Waals surface area (Å²) in [4.78, 5) is 21.0. The molecular weight excluding hydrogens is 679 g/mol. The molecule has 0 aliphatic heterocycles. The molecule has 7 heteroatoms. The maximum Gasteiger partial charge on any atom is 0.0544 e. The van der Waals surface area contributed by atoms with Crippen molar-refractivity contribution >= 4 is 56.6 Å². The Labute approximate surface area is 288 Å². The van der Waals surface area contributed by atoms with Gasteiger partial charge in [-0.05, 0) is 37.2 Å². The Kier molecular flexibility index (Phi) is 47.2. The minimum absolute atomic E-state index is 0.0736. The molecule has 2 unspecified atom stereocenters. The van der Waals surface area contributed by atoms with Gasteiger partial charge in [0.2, 0.25) is 0 Å². The van der Waals surface area contributed by atoms with Gasteiger partial charge in [-0.1, -0.05) is 66.2 Å². The summed E-state index contributed by atoms with van der Waals surface area (Å²) in [7, 11) is 0. The number of carbonyl (C=O) groups excluding carboxylic acids is 2. The van der Waals surface area contributed by atoms with E-state index in [1.54, 1.807) is 21.7 Å². The molecule has 0 N–H and O–H groups in total. The summed E-state index contributed by atoms with van der Waals surface area (Å²) in [5, 5.41) is 20.4. The van der Waals surface area contributed by atoms with Crippen molar-refractivity contribution in [2.45, 2.75) is 202 Å². The standard InChI is InChI=1S/2C10H20O2S.2C8H17.Sn/c2*1-3-5-6-7-8-13-9(4-2)10(11)12;2*1-3-5-7-8-6-4-2;/h2*9H,3-8H2,1-2H3,(H,11,12);2*1,3-8H2,2H3;/q;;;;+2/p-2. The van der Waals surface area contributed by atoms with Crippen LogP contribution in [0, 0.1) is 0 Å². The predicted molar refractivity (Wildman–Crippen MR) is 193 cm³/mol. The van der Waals surface area contributed by atoms with Crippen LogP contribution in [0.5, 0.6) is 0 Å². The molecule has 0 fully saturated rings. The molecule has 0 rings (SSSR count). The number of unbranched alkanes of at least 4 members (excludes halogenated alkanes) is 16. The van der Waals surface area contributed by atoms with Crippen molar-refractivity contribution in [1.82, 2.24) is 0 Å². The van der Waals surface area contributed by atoms with E-state index in [0.717, 1.165) is 24.3 Å². The van der Waals surface area contributed by atoms with Crippen LogP contribution in [-0.2, 0) is 9.59 Å². The third-order valence-corrected chi connectivity index (χ3v) is 14.3. The molecule has 0 saturated carbocycles. The van der Waals surface area contributed by atoms with Crippen LogP contribution in [0.25, 0.3) is 0 Å². The second-order valence-corrected chi connectivity index (χ2v) is 18.5. The molecule has 4 nitrogen and oxygen atoms in total. The zero-order valence-corrected chi connectivity index (χ0v) is 34.0. The van der Waals surface area contributed by atoms with Gasteiger partial charge in [-0.25, -0.2) is 0 Å². The van der Waals surface area contributed by atoms with E-state index in [-0.39, 0.29) is 31.6 Å². The van der Waals surface area contributed by atoms with E-state index >= 15 is 0 Å². The third-order valence-electron chi connectivity index (χ3n) is 7.32. The van der Waals surface area contributed by atoms with Crippen molar-refractivity contribution in [3.8, 4) is 0 Å². The van der Waals surface area contributed by atoms with Gasteiger partial charge < -0.3 is 19.8 Å². The molecule has 0 saturated heterocycles. The number of aliphatic carboxylic acids is 2. The monoisotopic (exact) mass is 752 g/mol. The van der Waals surface area contributed by atoms with Gasteiger partial charge in [-0.2, -0.15) is 23.5 Å². The molecule has 0 aromatic heterocycles. The minimum atomic E-state index is -0.914. The molecule has 0 amide bonds. The largest absolute Gasteiger partial charge is 0.549 e. The van der Waals surface area contributed by atoms with Crippen molar-refractivity contribution in [2.75, 3.05) is 11.5 Å². The molecular formula is C36H72O4S2Sn. The number of hydrogen-bond acceptors (Lipinski definition) is 6. The number of carbonyl (C=O) groups is 2. The quantitative estimate of drug-likeness (QED) is 0.0537. The van der Waals surface area contributed by atoms with E-state index in [9.17, 15) is 19.8 Å². The van der Waals surface area contributed by atoms with Gasteiger partial charge in [0.1, 0.15) is 0 Å². The number of carboxylic acids is 2. The van der Waals surface area contributed by atoms with E-state index < -0.39 is 11.9 Å². The van der Waals surface area contributed by atoms with Crippen molar-refractivity contribution < 1.29 is 19.8 Å². The maximum atomic E-state index is 10.5. The first kappa shape index (κ1) is 47.8. The van der Waals surface area contributed by atoms with Gasteiger partial charge in [0.05, 0.1) is 11.9 Å². The SMILES string of the molecule is CCCCCCC[CH2][Sn+2][CH2]CCCCCCC.CCCCCCSC(CC)C(=O)[O-].CCCCCCSC(CC)C(=O)[O-]. The van der Waals surface area contributed by atoms with Gasteiger partial charge in [-0.15, -0.1) is 0 Å². The summed E-state index contributed by atoms with van der Waals surface area (Å²) in [6.45, 7) is 12.7. The molecule has 0 radical (unpaired) electrons. The number of hydrogen-bond donors (Lipinski definition) is 0. The fraction of sp³-hybridized carbons (Fsp3) is 0.944. The zero-order valence-electron chi connectivity index (χ0n) is 29.5. The summed E-state index contributed by atoms with van der Waals surface area (Å²) in [6.07, 6.45) is 28.8. The van der Waals surface area contributed by atoms with Crippen LogP contribution in [0.1, 0.15) is 183 Å². The van der Waals surface area contributed by atoms with Crippen LogP contribution >= 0.6 is 23.5 Å². The van der Waals surface area contributed by atoms with E-state index in [0.29, 0.717) is 12.8 Å². The molecule has 0 bridgehead atoms. The molecule has 43 heavy (non-hydrogen) atoms. The summed E-state index contributed by atoms with van der Waals surface area (Å²) in [5.74, 6) is 0.0740. The Morgan fingerprint density at radius 3 is 1.02 bits per heavy atom. The van der Waals surface area contributed by atoms with Gasteiger partial charge >= 0.3 is 121 Å². The fourth-order valence-electron chi connectivity index (χ4n) is 4.40. The number of thioether (sulfide) groups is 2. The third kappa shape index (κ3) is 42.4.